The Bertz CT molecular complexity index is 888. The molecule has 0 saturated carbocycles. The molecule has 2 aromatic heterocycles. The molecular weight excluding hydrogens is 308 g/mol. The number of rotatable bonds is 4. The quantitative estimate of drug-likeness (QED) is 0.769. The van der Waals surface area contributed by atoms with E-state index in [-0.39, 0.29) is 0 Å². The van der Waals surface area contributed by atoms with Gasteiger partial charge in [-0.15, -0.1) is 0 Å². The Hall–Kier alpha value is -2.46. The van der Waals surface area contributed by atoms with Crippen molar-refractivity contribution in [2.75, 3.05) is 18.4 Å². The van der Waals surface area contributed by atoms with Crippen LogP contribution in [0.4, 0.5) is 11.5 Å². The topological polar surface area (TPSA) is 41.1 Å². The number of nitrogens with zero attached hydrogens (tertiary/aromatic N) is 3. The summed E-state index contributed by atoms with van der Waals surface area (Å²) in [6.45, 7) is 7.82. The number of nitrogens with one attached hydrogen (secondary N) is 1. The van der Waals surface area contributed by atoms with Crippen LogP contribution in [0.2, 0.25) is 0 Å². The second-order valence-electron chi connectivity index (χ2n) is 7.22. The molecule has 0 atom stereocenters. The van der Waals surface area contributed by atoms with Gasteiger partial charge in [-0.05, 0) is 36.1 Å². The van der Waals surface area contributed by atoms with Crippen LogP contribution < -0.4 is 5.32 Å². The predicted molar refractivity (Wildman–Crippen MR) is 103 cm³/mol. The van der Waals surface area contributed by atoms with E-state index in [0.717, 1.165) is 48.5 Å². The van der Waals surface area contributed by atoms with Gasteiger partial charge in [-0.25, -0.2) is 4.98 Å². The van der Waals surface area contributed by atoms with Gasteiger partial charge in [0.2, 0.25) is 0 Å². The van der Waals surface area contributed by atoms with E-state index in [4.69, 9.17) is 0 Å². The number of para-hydroxylation sites is 1. The lowest BCUT2D eigenvalue weighted by Crippen LogP contribution is -2.33. The Morgan fingerprint density at radius 2 is 2.04 bits per heavy atom. The van der Waals surface area contributed by atoms with Crippen LogP contribution in [-0.2, 0) is 13.0 Å². The first kappa shape index (κ1) is 16.0. The first-order valence-corrected chi connectivity index (χ1v) is 9.00. The van der Waals surface area contributed by atoms with E-state index in [9.17, 15) is 0 Å². The molecule has 0 spiro atoms. The van der Waals surface area contributed by atoms with E-state index in [1.807, 2.05) is 30.6 Å². The Balaban J connectivity index is 1.59. The number of fused-ring (bicyclic) bond motifs is 2. The summed E-state index contributed by atoms with van der Waals surface area (Å²) in [7, 11) is 0. The van der Waals surface area contributed by atoms with Crippen LogP contribution in [0.15, 0.2) is 48.8 Å². The molecule has 0 radical (unpaired) electrons. The van der Waals surface area contributed by atoms with E-state index in [1.165, 1.54) is 11.1 Å². The van der Waals surface area contributed by atoms with Gasteiger partial charge in [0.1, 0.15) is 5.82 Å². The summed E-state index contributed by atoms with van der Waals surface area (Å²) in [5.74, 6) is 1.67. The van der Waals surface area contributed by atoms with Crippen molar-refractivity contribution in [3.8, 4) is 0 Å². The van der Waals surface area contributed by atoms with Gasteiger partial charge in [-0.1, -0.05) is 32.0 Å². The van der Waals surface area contributed by atoms with E-state index in [1.54, 1.807) is 0 Å². The van der Waals surface area contributed by atoms with Gasteiger partial charge in [0.25, 0.3) is 0 Å². The standard InChI is InChI=1S/C21H24N4/c1-15(2)13-25-10-8-19-17(14-25)7-9-22-21(19)24-18-11-16-5-3-4-6-20(16)23-12-18/h3-7,9,11-12,15H,8,10,13-14H2,1-2H3,(H,22,24). The summed E-state index contributed by atoms with van der Waals surface area (Å²) in [6.07, 6.45) is 4.84. The Morgan fingerprint density at radius 3 is 2.92 bits per heavy atom. The summed E-state index contributed by atoms with van der Waals surface area (Å²) < 4.78 is 0. The number of benzene rings is 1. The van der Waals surface area contributed by atoms with Gasteiger partial charge >= 0.3 is 0 Å². The van der Waals surface area contributed by atoms with Crippen molar-refractivity contribution in [3.05, 3.63) is 59.9 Å². The minimum absolute atomic E-state index is 0.699. The smallest absolute Gasteiger partial charge is 0.133 e. The van der Waals surface area contributed by atoms with Crippen LogP contribution in [0.3, 0.4) is 0 Å². The second-order valence-corrected chi connectivity index (χ2v) is 7.22. The lowest BCUT2D eigenvalue weighted by atomic mass is 10.00. The molecule has 4 nitrogen and oxygen atoms in total. The third-order valence-corrected chi connectivity index (χ3v) is 4.70. The molecule has 4 rings (SSSR count). The fraction of sp³-hybridized carbons (Fsp3) is 0.333. The zero-order chi connectivity index (χ0) is 17.2. The van der Waals surface area contributed by atoms with Crippen molar-refractivity contribution in [2.45, 2.75) is 26.8 Å². The number of hydrogen-bond donors (Lipinski definition) is 1. The molecule has 0 amide bonds. The molecule has 25 heavy (non-hydrogen) atoms. The third kappa shape index (κ3) is 3.49. The summed E-state index contributed by atoms with van der Waals surface area (Å²) >= 11 is 0. The zero-order valence-corrected chi connectivity index (χ0v) is 14.9. The number of aromatic nitrogens is 2. The second kappa shape index (κ2) is 6.81. The predicted octanol–water partition coefficient (Wildman–Crippen LogP) is 4.39. The minimum atomic E-state index is 0.699. The van der Waals surface area contributed by atoms with Crippen molar-refractivity contribution in [3.63, 3.8) is 0 Å². The van der Waals surface area contributed by atoms with E-state index in [2.05, 4.69) is 52.2 Å². The van der Waals surface area contributed by atoms with Gasteiger partial charge < -0.3 is 5.32 Å². The van der Waals surface area contributed by atoms with Crippen LogP contribution >= 0.6 is 0 Å². The van der Waals surface area contributed by atoms with Crippen LogP contribution in [0, 0.1) is 5.92 Å². The van der Waals surface area contributed by atoms with E-state index in [0.29, 0.717) is 5.92 Å². The van der Waals surface area contributed by atoms with Crippen molar-refractivity contribution in [1.82, 2.24) is 14.9 Å². The average molecular weight is 332 g/mol. The van der Waals surface area contributed by atoms with Gasteiger partial charge in [-0.3, -0.25) is 9.88 Å². The van der Waals surface area contributed by atoms with Crippen molar-refractivity contribution < 1.29 is 0 Å². The lowest BCUT2D eigenvalue weighted by Gasteiger charge is -2.30. The summed E-state index contributed by atoms with van der Waals surface area (Å²) in [4.78, 5) is 11.7. The highest BCUT2D eigenvalue weighted by Crippen LogP contribution is 2.27. The molecule has 0 bridgehead atoms. The largest absolute Gasteiger partial charge is 0.339 e. The molecule has 4 heteroatoms. The highest BCUT2D eigenvalue weighted by atomic mass is 15.1. The summed E-state index contributed by atoms with van der Waals surface area (Å²) in [5.41, 5.74) is 4.73. The Labute approximate surface area is 148 Å². The molecule has 0 aliphatic carbocycles. The maximum atomic E-state index is 4.60. The molecule has 3 aromatic rings. The van der Waals surface area contributed by atoms with Crippen LogP contribution in [0.1, 0.15) is 25.0 Å². The summed E-state index contributed by atoms with van der Waals surface area (Å²) in [6, 6.07) is 12.5. The first-order valence-electron chi connectivity index (χ1n) is 9.00. The van der Waals surface area contributed by atoms with Crippen LogP contribution in [0.5, 0.6) is 0 Å². The fourth-order valence-electron chi connectivity index (χ4n) is 3.61. The van der Waals surface area contributed by atoms with Crippen molar-refractivity contribution in [1.29, 1.82) is 0 Å². The molecular formula is C21H24N4. The highest BCUT2D eigenvalue weighted by molar-refractivity contribution is 5.82. The van der Waals surface area contributed by atoms with E-state index >= 15 is 0 Å². The molecule has 0 unspecified atom stereocenters. The molecule has 1 aliphatic rings. The maximum absolute atomic E-state index is 4.60. The third-order valence-electron chi connectivity index (χ3n) is 4.70. The van der Waals surface area contributed by atoms with Gasteiger partial charge in [-0.2, -0.15) is 0 Å². The molecule has 0 saturated heterocycles. The molecule has 128 valence electrons. The number of hydrogen-bond acceptors (Lipinski definition) is 4. The molecule has 1 aliphatic heterocycles. The number of anilines is 2. The van der Waals surface area contributed by atoms with E-state index < -0.39 is 0 Å². The fourth-order valence-corrected chi connectivity index (χ4v) is 3.61. The molecule has 1 N–H and O–H groups in total. The van der Waals surface area contributed by atoms with Crippen molar-refractivity contribution >= 4 is 22.4 Å². The normalized spacial score (nSPS) is 14.7. The van der Waals surface area contributed by atoms with Gasteiger partial charge in [0.15, 0.2) is 0 Å². The number of pyridine rings is 2. The SMILES string of the molecule is CC(C)CN1CCc2c(ccnc2Nc2cnc3ccccc3c2)C1. The minimum Gasteiger partial charge on any atom is -0.339 e. The Kier molecular flexibility index (Phi) is 4.36. The van der Waals surface area contributed by atoms with Crippen molar-refractivity contribution in [2.24, 2.45) is 5.92 Å². The highest BCUT2D eigenvalue weighted by Gasteiger charge is 2.20. The van der Waals surface area contributed by atoms with Gasteiger partial charge in [0, 0.05) is 36.8 Å². The molecule has 1 aromatic carbocycles. The zero-order valence-electron chi connectivity index (χ0n) is 14.9. The average Bonchev–Trinajstić information content (AvgIpc) is 2.61. The summed E-state index contributed by atoms with van der Waals surface area (Å²) in [5, 5.41) is 4.63. The first-order chi connectivity index (χ1) is 12.2. The van der Waals surface area contributed by atoms with Gasteiger partial charge in [0.05, 0.1) is 17.4 Å². The molecule has 3 heterocycles. The maximum Gasteiger partial charge on any atom is 0.133 e. The monoisotopic (exact) mass is 332 g/mol. The Morgan fingerprint density at radius 1 is 1.16 bits per heavy atom. The lowest BCUT2D eigenvalue weighted by molar-refractivity contribution is 0.226. The van der Waals surface area contributed by atoms with Crippen LogP contribution in [-0.4, -0.2) is 28.0 Å². The molecule has 0 fully saturated rings. The van der Waals surface area contributed by atoms with Crippen LogP contribution in [0.25, 0.3) is 10.9 Å².